The van der Waals surface area contributed by atoms with E-state index in [4.69, 9.17) is 0 Å². The van der Waals surface area contributed by atoms with Crippen LogP contribution in [0.3, 0.4) is 0 Å². The predicted molar refractivity (Wildman–Crippen MR) is 73.9 cm³/mol. The first-order chi connectivity index (χ1) is 8.27. The molecule has 1 aromatic carbocycles. The van der Waals surface area contributed by atoms with Crippen LogP contribution in [-0.2, 0) is 10.9 Å². The van der Waals surface area contributed by atoms with Gasteiger partial charge in [-0.2, -0.15) is 0 Å². The number of fused-ring (bicyclic) bond motifs is 1. The summed E-state index contributed by atoms with van der Waals surface area (Å²) in [7, 11) is 0.186. The molecule has 0 amide bonds. The minimum Gasteiger partial charge on any atom is -0.318 e. The SMILES string of the molecule is Cc1c([S+]2CCCC2)c(=O)[nH]c2ccccc12. The summed E-state index contributed by atoms with van der Waals surface area (Å²) >= 11 is 0. The van der Waals surface area contributed by atoms with Gasteiger partial charge in [0.15, 0.2) is 0 Å². The molecule has 1 aliphatic rings. The summed E-state index contributed by atoms with van der Waals surface area (Å²) in [6.07, 6.45) is 2.55. The van der Waals surface area contributed by atoms with Gasteiger partial charge in [0.25, 0.3) is 0 Å². The molecule has 1 aromatic heterocycles. The minimum atomic E-state index is 0.131. The molecule has 0 aliphatic carbocycles. The lowest BCUT2D eigenvalue weighted by atomic mass is 10.1. The Hall–Kier alpha value is -1.22. The number of rotatable bonds is 1. The maximum atomic E-state index is 12.2. The van der Waals surface area contributed by atoms with Gasteiger partial charge in [-0.1, -0.05) is 18.2 Å². The molecule has 1 saturated heterocycles. The highest BCUT2D eigenvalue weighted by molar-refractivity contribution is 7.97. The number of nitrogens with one attached hydrogen (secondary N) is 1. The van der Waals surface area contributed by atoms with Crippen LogP contribution >= 0.6 is 0 Å². The second-order valence-electron chi connectivity index (χ2n) is 4.56. The zero-order chi connectivity index (χ0) is 11.8. The quantitative estimate of drug-likeness (QED) is 0.771. The van der Waals surface area contributed by atoms with Gasteiger partial charge in [-0.25, -0.2) is 0 Å². The Morgan fingerprint density at radius 2 is 1.88 bits per heavy atom. The number of aromatic nitrogens is 1. The highest BCUT2D eigenvalue weighted by atomic mass is 32.2. The molecule has 17 heavy (non-hydrogen) atoms. The Bertz CT molecular complexity index is 611. The Labute approximate surface area is 103 Å². The van der Waals surface area contributed by atoms with E-state index < -0.39 is 0 Å². The third-order valence-corrected chi connectivity index (χ3v) is 6.08. The summed E-state index contributed by atoms with van der Waals surface area (Å²) in [5.41, 5.74) is 2.28. The van der Waals surface area contributed by atoms with Gasteiger partial charge in [0.1, 0.15) is 11.5 Å². The number of pyridine rings is 1. The van der Waals surface area contributed by atoms with Gasteiger partial charge in [-0.3, -0.25) is 4.79 Å². The van der Waals surface area contributed by atoms with E-state index in [0.29, 0.717) is 0 Å². The molecule has 0 atom stereocenters. The van der Waals surface area contributed by atoms with Gasteiger partial charge in [0, 0.05) is 27.4 Å². The molecule has 0 saturated carbocycles. The topological polar surface area (TPSA) is 32.9 Å². The van der Waals surface area contributed by atoms with Crippen LogP contribution in [0.2, 0.25) is 0 Å². The van der Waals surface area contributed by atoms with E-state index in [-0.39, 0.29) is 16.5 Å². The van der Waals surface area contributed by atoms with Crippen molar-refractivity contribution in [3.05, 3.63) is 40.2 Å². The molecule has 3 heteroatoms. The summed E-state index contributed by atoms with van der Waals surface area (Å²) < 4.78 is 0. The average Bonchev–Trinajstić information content (AvgIpc) is 2.83. The van der Waals surface area contributed by atoms with Crippen molar-refractivity contribution in [2.75, 3.05) is 11.5 Å². The average molecular weight is 246 g/mol. The van der Waals surface area contributed by atoms with Crippen molar-refractivity contribution in [2.45, 2.75) is 24.7 Å². The molecule has 2 nitrogen and oxygen atoms in total. The Morgan fingerprint density at radius 3 is 2.65 bits per heavy atom. The normalized spacial score (nSPS) is 16.8. The van der Waals surface area contributed by atoms with E-state index >= 15 is 0 Å². The molecule has 0 radical (unpaired) electrons. The first-order valence-electron chi connectivity index (χ1n) is 6.06. The summed E-state index contributed by atoms with van der Waals surface area (Å²) in [6, 6.07) is 8.08. The third kappa shape index (κ3) is 1.78. The van der Waals surface area contributed by atoms with Crippen LogP contribution in [0.15, 0.2) is 34.0 Å². The summed E-state index contributed by atoms with van der Waals surface area (Å²) in [5, 5.41) is 1.20. The van der Waals surface area contributed by atoms with Crippen LogP contribution in [0.5, 0.6) is 0 Å². The third-order valence-electron chi connectivity index (χ3n) is 3.45. The van der Waals surface area contributed by atoms with Gasteiger partial charge >= 0.3 is 5.56 Å². The van der Waals surface area contributed by atoms with Gasteiger partial charge in [0.2, 0.25) is 4.90 Å². The van der Waals surface area contributed by atoms with Crippen molar-refractivity contribution >= 4 is 21.8 Å². The fraction of sp³-hybridized carbons (Fsp3) is 0.357. The lowest BCUT2D eigenvalue weighted by Gasteiger charge is -2.06. The van der Waals surface area contributed by atoms with Crippen molar-refractivity contribution in [1.29, 1.82) is 0 Å². The summed E-state index contributed by atoms with van der Waals surface area (Å²) in [6.45, 7) is 2.10. The van der Waals surface area contributed by atoms with Crippen molar-refractivity contribution in [3.63, 3.8) is 0 Å². The molecule has 3 rings (SSSR count). The summed E-state index contributed by atoms with van der Waals surface area (Å²) in [4.78, 5) is 16.3. The number of hydrogen-bond acceptors (Lipinski definition) is 1. The molecule has 1 N–H and O–H groups in total. The molecule has 0 spiro atoms. The lowest BCUT2D eigenvalue weighted by molar-refractivity contribution is 0.949. The minimum absolute atomic E-state index is 0.131. The highest BCUT2D eigenvalue weighted by Crippen LogP contribution is 2.26. The summed E-state index contributed by atoms with van der Waals surface area (Å²) in [5.74, 6) is 2.39. The zero-order valence-electron chi connectivity index (χ0n) is 9.95. The number of aromatic amines is 1. The number of hydrogen-bond donors (Lipinski definition) is 1. The van der Waals surface area contributed by atoms with Crippen LogP contribution in [0.1, 0.15) is 18.4 Å². The fourth-order valence-corrected chi connectivity index (χ4v) is 5.17. The van der Waals surface area contributed by atoms with Crippen molar-refractivity contribution in [2.24, 2.45) is 0 Å². The molecule has 2 heterocycles. The zero-order valence-corrected chi connectivity index (χ0v) is 10.8. The van der Waals surface area contributed by atoms with Crippen molar-refractivity contribution in [1.82, 2.24) is 4.98 Å². The number of H-pyrrole nitrogens is 1. The van der Waals surface area contributed by atoms with Crippen LogP contribution in [0.4, 0.5) is 0 Å². The van der Waals surface area contributed by atoms with E-state index in [9.17, 15) is 4.79 Å². The van der Waals surface area contributed by atoms with Gasteiger partial charge < -0.3 is 4.98 Å². The van der Waals surface area contributed by atoms with E-state index in [2.05, 4.69) is 18.0 Å². The second-order valence-corrected chi connectivity index (χ2v) is 6.77. The maximum absolute atomic E-state index is 12.2. The van der Waals surface area contributed by atoms with Crippen molar-refractivity contribution in [3.8, 4) is 0 Å². The first kappa shape index (κ1) is 10.9. The second kappa shape index (κ2) is 4.22. The van der Waals surface area contributed by atoms with E-state index in [1.807, 2.05) is 18.2 Å². The number of aryl methyl sites for hydroxylation is 1. The number of benzene rings is 1. The lowest BCUT2D eigenvalue weighted by Crippen LogP contribution is -2.21. The molecular weight excluding hydrogens is 230 g/mol. The molecule has 0 unspecified atom stereocenters. The van der Waals surface area contributed by atoms with Crippen LogP contribution < -0.4 is 5.56 Å². The standard InChI is InChI=1S/C14H15NOS/c1-10-11-6-2-3-7-12(11)15-14(16)13(10)17-8-4-5-9-17/h2-3,6-7H,4-5,8-9H2,1H3/p+1. The first-order valence-corrected chi connectivity index (χ1v) is 7.63. The van der Waals surface area contributed by atoms with Crippen LogP contribution in [-0.4, -0.2) is 16.5 Å². The Kier molecular flexibility index (Phi) is 2.71. The predicted octanol–water partition coefficient (Wildman–Crippen LogP) is 2.61. The van der Waals surface area contributed by atoms with Gasteiger partial charge in [-0.05, 0) is 25.8 Å². The van der Waals surface area contributed by atoms with E-state index in [0.717, 1.165) is 10.4 Å². The molecule has 1 fully saturated rings. The monoisotopic (exact) mass is 246 g/mol. The maximum Gasteiger partial charge on any atom is 0.304 e. The molecular formula is C14H16NOS+. The van der Waals surface area contributed by atoms with Crippen LogP contribution in [0, 0.1) is 6.92 Å². The smallest absolute Gasteiger partial charge is 0.304 e. The van der Waals surface area contributed by atoms with E-state index in [1.54, 1.807) is 0 Å². The molecule has 88 valence electrons. The number of para-hydroxylation sites is 1. The fourth-order valence-electron chi connectivity index (χ4n) is 2.60. The Balaban J connectivity index is 2.27. The molecule has 2 aromatic rings. The van der Waals surface area contributed by atoms with Gasteiger partial charge in [-0.15, -0.1) is 0 Å². The van der Waals surface area contributed by atoms with Crippen LogP contribution in [0.25, 0.3) is 10.9 Å². The van der Waals surface area contributed by atoms with Crippen molar-refractivity contribution < 1.29 is 0 Å². The Morgan fingerprint density at radius 1 is 1.18 bits per heavy atom. The van der Waals surface area contributed by atoms with Gasteiger partial charge in [0.05, 0.1) is 0 Å². The molecule has 0 bridgehead atoms. The largest absolute Gasteiger partial charge is 0.318 e. The van der Waals surface area contributed by atoms with E-state index in [1.165, 1.54) is 35.3 Å². The highest BCUT2D eigenvalue weighted by Gasteiger charge is 2.32. The molecule has 1 aliphatic heterocycles.